The summed E-state index contributed by atoms with van der Waals surface area (Å²) in [4.78, 5) is 37.2. The molecule has 0 radical (unpaired) electrons. The normalized spacial score (nSPS) is 16.3. The average Bonchev–Trinajstić information content (AvgIpc) is 2.91. The zero-order chi connectivity index (χ0) is 27.9. The van der Waals surface area contributed by atoms with E-state index in [1.54, 1.807) is 4.90 Å². The zero-order valence-corrected chi connectivity index (χ0v) is 21.6. The summed E-state index contributed by atoms with van der Waals surface area (Å²) in [5.74, 6) is -1.50. The number of non-ortho nitro benzene ring substituents is 1. The number of piperidine rings is 1. The number of sulfonamides is 1. The van der Waals surface area contributed by atoms with E-state index < -0.39 is 32.9 Å². The molecule has 1 saturated heterocycles. The molecule has 2 aromatic rings. The van der Waals surface area contributed by atoms with E-state index in [1.807, 2.05) is 0 Å². The van der Waals surface area contributed by atoms with Gasteiger partial charge in [0.15, 0.2) is 5.96 Å². The maximum atomic E-state index is 13.3. The van der Waals surface area contributed by atoms with Gasteiger partial charge in [-0.1, -0.05) is 24.3 Å². The molecule has 1 fully saturated rings. The molecule has 2 aromatic carbocycles. The first-order valence-electron chi connectivity index (χ1n) is 11.8. The van der Waals surface area contributed by atoms with Gasteiger partial charge in [-0.05, 0) is 42.9 Å². The van der Waals surface area contributed by atoms with Gasteiger partial charge in [0, 0.05) is 31.8 Å². The number of amides is 1. The highest BCUT2D eigenvalue weighted by molar-refractivity contribution is 7.89. The summed E-state index contributed by atoms with van der Waals surface area (Å²) >= 11 is 0. The molecule has 0 bridgehead atoms. The lowest BCUT2D eigenvalue weighted by Gasteiger charge is -2.33. The second kappa shape index (κ2) is 12.5. The van der Waals surface area contributed by atoms with Gasteiger partial charge in [-0.25, -0.2) is 13.2 Å². The summed E-state index contributed by atoms with van der Waals surface area (Å²) in [7, 11) is -3.24. The quantitative estimate of drug-likeness (QED) is 0.110. The first-order chi connectivity index (χ1) is 18.0. The van der Waals surface area contributed by atoms with Gasteiger partial charge in [-0.3, -0.25) is 20.3 Å². The Hall–Kier alpha value is -4.04. The Balaban J connectivity index is 1.83. The first-order valence-corrected chi connectivity index (χ1v) is 13.3. The Morgan fingerprint density at radius 3 is 2.55 bits per heavy atom. The van der Waals surface area contributed by atoms with Gasteiger partial charge in [-0.15, -0.1) is 0 Å². The molecule has 2 atom stereocenters. The van der Waals surface area contributed by atoms with Gasteiger partial charge >= 0.3 is 5.97 Å². The van der Waals surface area contributed by atoms with E-state index >= 15 is 0 Å². The van der Waals surface area contributed by atoms with Crippen molar-refractivity contribution in [1.82, 2.24) is 14.9 Å². The predicted octanol–water partition coefficient (Wildman–Crippen LogP) is 0.993. The highest BCUT2D eigenvalue weighted by Crippen LogP contribution is 2.19. The van der Waals surface area contributed by atoms with Crippen molar-refractivity contribution in [3.8, 4) is 0 Å². The van der Waals surface area contributed by atoms with E-state index in [0.717, 1.165) is 20.0 Å². The van der Waals surface area contributed by atoms with Crippen LogP contribution in [-0.2, 0) is 26.0 Å². The number of hydrogen-bond acceptors (Lipinski definition) is 8. The molecule has 13 nitrogen and oxygen atoms in total. The summed E-state index contributed by atoms with van der Waals surface area (Å²) in [6.45, 7) is 1.38. The molecule has 1 aliphatic heterocycles. The third kappa shape index (κ3) is 7.26. The molecule has 1 unspecified atom stereocenters. The van der Waals surface area contributed by atoms with E-state index in [0.29, 0.717) is 18.7 Å². The fraction of sp³-hybridized carbons (Fsp3) is 0.375. The number of carbonyl (C=O) groups is 2. The van der Waals surface area contributed by atoms with Crippen molar-refractivity contribution in [2.75, 3.05) is 26.7 Å². The Bertz CT molecular complexity index is 1300. The number of methoxy groups -OCH3 is 1. The van der Waals surface area contributed by atoms with Crippen LogP contribution in [0.2, 0.25) is 0 Å². The van der Waals surface area contributed by atoms with Crippen molar-refractivity contribution in [3.63, 3.8) is 0 Å². The van der Waals surface area contributed by atoms with Gasteiger partial charge < -0.3 is 20.7 Å². The minimum absolute atomic E-state index is 0.00767. The van der Waals surface area contributed by atoms with Gasteiger partial charge in [0.2, 0.25) is 15.9 Å². The second-order valence-corrected chi connectivity index (χ2v) is 10.6. The number of hydrogen-bond donors (Lipinski definition) is 4. The molecule has 5 N–H and O–H groups in total. The van der Waals surface area contributed by atoms with E-state index in [-0.39, 0.29) is 41.0 Å². The lowest BCUT2D eigenvalue weighted by atomic mass is 9.98. The summed E-state index contributed by atoms with van der Waals surface area (Å²) in [6.07, 6.45) is 1.49. The monoisotopic (exact) mass is 546 g/mol. The molecular weight excluding hydrogens is 516 g/mol. The number of rotatable bonds is 10. The lowest BCUT2D eigenvalue weighted by molar-refractivity contribution is -0.384. The molecule has 14 heteroatoms. The van der Waals surface area contributed by atoms with Gasteiger partial charge in [0.1, 0.15) is 6.04 Å². The van der Waals surface area contributed by atoms with E-state index in [9.17, 15) is 28.1 Å². The molecule has 0 aromatic heterocycles. The zero-order valence-electron chi connectivity index (χ0n) is 20.8. The Kier molecular flexibility index (Phi) is 9.36. The van der Waals surface area contributed by atoms with Crippen LogP contribution in [0.1, 0.15) is 28.8 Å². The number of nitrogens with zero attached hydrogens (tertiary/aromatic N) is 2. The molecule has 1 heterocycles. The largest absolute Gasteiger partial charge is 0.465 e. The van der Waals surface area contributed by atoms with Crippen LogP contribution in [0.3, 0.4) is 0 Å². The van der Waals surface area contributed by atoms with Crippen LogP contribution in [-0.4, -0.2) is 68.9 Å². The Labute approximate surface area is 220 Å². The number of likely N-dealkylation sites (tertiary alicyclic amines) is 1. The summed E-state index contributed by atoms with van der Waals surface area (Å²) in [6, 6.07) is 9.59. The summed E-state index contributed by atoms with van der Waals surface area (Å²) in [5.41, 5.74) is 5.74. The maximum Gasteiger partial charge on any atom is 0.339 e. The van der Waals surface area contributed by atoms with Crippen LogP contribution in [0, 0.1) is 21.4 Å². The highest BCUT2D eigenvalue weighted by Gasteiger charge is 2.30. The van der Waals surface area contributed by atoms with Crippen molar-refractivity contribution in [2.24, 2.45) is 11.7 Å². The number of carbonyl (C=O) groups excluding carboxylic acids is 2. The molecular formula is C24H30N6O7S. The van der Waals surface area contributed by atoms with E-state index in [1.165, 1.54) is 48.5 Å². The van der Waals surface area contributed by atoms with E-state index in [2.05, 4.69) is 14.8 Å². The molecule has 0 saturated carbocycles. The molecule has 1 amide bonds. The number of esters is 1. The first kappa shape index (κ1) is 28.5. The number of nitrogens with two attached hydrogens (primary N) is 1. The highest BCUT2D eigenvalue weighted by atomic mass is 32.2. The molecule has 0 spiro atoms. The number of nitro benzene ring substituents is 1. The minimum atomic E-state index is -4.37. The van der Waals surface area contributed by atoms with Crippen LogP contribution in [0.15, 0.2) is 53.4 Å². The number of nitrogens with one attached hydrogen (secondary N) is 3. The van der Waals surface area contributed by atoms with Crippen molar-refractivity contribution in [1.29, 1.82) is 5.41 Å². The maximum absolute atomic E-state index is 13.3. The topological polar surface area (TPSA) is 198 Å². The molecule has 3 rings (SSSR count). The number of guanidine groups is 1. The van der Waals surface area contributed by atoms with Crippen LogP contribution in [0.5, 0.6) is 0 Å². The Morgan fingerprint density at radius 2 is 1.92 bits per heavy atom. The van der Waals surface area contributed by atoms with Gasteiger partial charge in [0.05, 0.1) is 22.5 Å². The number of benzene rings is 2. The third-order valence-electron chi connectivity index (χ3n) is 6.21. The molecule has 204 valence electrons. The minimum Gasteiger partial charge on any atom is -0.465 e. The number of nitro groups is 1. The molecule has 38 heavy (non-hydrogen) atoms. The number of ether oxygens (including phenoxy) is 1. The summed E-state index contributed by atoms with van der Waals surface area (Å²) < 4.78 is 33.7. The average molecular weight is 547 g/mol. The predicted molar refractivity (Wildman–Crippen MR) is 138 cm³/mol. The van der Waals surface area contributed by atoms with Crippen LogP contribution in [0.4, 0.5) is 5.69 Å². The summed E-state index contributed by atoms with van der Waals surface area (Å²) in [5, 5.41) is 21.4. The molecule has 0 aliphatic carbocycles. The fourth-order valence-electron chi connectivity index (χ4n) is 4.23. The van der Waals surface area contributed by atoms with Crippen molar-refractivity contribution in [2.45, 2.75) is 30.2 Å². The second-order valence-electron chi connectivity index (χ2n) is 8.87. The van der Waals surface area contributed by atoms with Crippen molar-refractivity contribution < 1.29 is 27.7 Å². The van der Waals surface area contributed by atoms with E-state index in [4.69, 9.17) is 11.1 Å². The van der Waals surface area contributed by atoms with Gasteiger partial charge in [0.25, 0.3) is 5.69 Å². The molecule has 1 aliphatic rings. The smallest absolute Gasteiger partial charge is 0.339 e. The van der Waals surface area contributed by atoms with Crippen LogP contribution in [0.25, 0.3) is 0 Å². The van der Waals surface area contributed by atoms with Crippen LogP contribution >= 0.6 is 0 Å². The fourth-order valence-corrected chi connectivity index (χ4v) is 5.62. The third-order valence-corrected chi connectivity index (χ3v) is 7.74. The Morgan fingerprint density at radius 1 is 1.24 bits per heavy atom. The van der Waals surface area contributed by atoms with Crippen molar-refractivity contribution in [3.05, 3.63) is 69.8 Å². The lowest BCUT2D eigenvalue weighted by Crippen LogP contribution is -2.51. The SMILES string of the molecule is COC(=O)c1ccccc1S(=O)(=O)N[C@H](Cc1ccc([N+](=O)[O-])cc1)C(=O)NCC1CCCN(C(=N)N)C1. The van der Waals surface area contributed by atoms with Crippen LogP contribution < -0.4 is 15.8 Å². The van der Waals surface area contributed by atoms with Gasteiger partial charge in [-0.2, -0.15) is 4.72 Å². The standard InChI is InChI=1S/C24H30N6O7S/c1-37-23(32)19-6-2-3-7-21(19)38(35,36)28-20(13-16-8-10-18(11-9-16)30(33)34)22(31)27-14-17-5-4-12-29(15-17)24(25)26/h2-3,6-11,17,20,28H,4-5,12-15H2,1H3,(H3,25,26)(H,27,31)/t17?,20-/m1/s1. The van der Waals surface area contributed by atoms with Crippen molar-refractivity contribution >= 4 is 33.5 Å².